The number of likely N-dealkylation sites (N-methyl/N-ethyl adjacent to an activating group) is 1. The highest BCUT2D eigenvalue weighted by Crippen LogP contribution is 2.34. The average Bonchev–Trinajstić information content (AvgIpc) is 2.95. The number of rotatable bonds is 5. The molecule has 30 heavy (non-hydrogen) atoms. The molecule has 1 saturated heterocycles. The molecule has 0 saturated carbocycles. The van der Waals surface area contributed by atoms with Crippen LogP contribution in [0.2, 0.25) is 0 Å². The summed E-state index contributed by atoms with van der Waals surface area (Å²) in [7, 11) is 3.77. The second-order valence-electron chi connectivity index (χ2n) is 7.61. The van der Waals surface area contributed by atoms with Crippen LogP contribution in [0.4, 0.5) is 5.82 Å². The van der Waals surface area contributed by atoms with Gasteiger partial charge in [0.1, 0.15) is 22.7 Å². The highest BCUT2D eigenvalue weighted by molar-refractivity contribution is 7.20. The third-order valence-corrected chi connectivity index (χ3v) is 6.71. The molecule has 1 N–H and O–H groups in total. The number of benzene rings is 1. The number of aryl methyl sites for hydroxylation is 1. The van der Waals surface area contributed by atoms with Gasteiger partial charge in [-0.2, -0.15) is 0 Å². The quantitative estimate of drug-likeness (QED) is 0.676. The molecule has 1 aliphatic heterocycles. The third kappa shape index (κ3) is 4.24. The van der Waals surface area contributed by atoms with Gasteiger partial charge in [0.2, 0.25) is 0 Å². The Bertz CT molecular complexity index is 1050. The molecule has 1 amide bonds. The first-order valence-electron chi connectivity index (χ1n) is 10.2. The molecule has 1 fully saturated rings. The Labute approximate surface area is 180 Å². The maximum absolute atomic E-state index is 13.2. The number of carbonyl (C=O) groups is 1. The summed E-state index contributed by atoms with van der Waals surface area (Å²) in [5.41, 5.74) is 2.05. The summed E-state index contributed by atoms with van der Waals surface area (Å²) in [5, 5.41) is 4.34. The van der Waals surface area contributed by atoms with E-state index in [1.165, 1.54) is 11.3 Å². The van der Waals surface area contributed by atoms with E-state index in [-0.39, 0.29) is 5.91 Å². The largest absolute Gasteiger partial charge is 0.497 e. The number of nitrogens with one attached hydrogen (secondary N) is 1. The molecule has 0 aliphatic carbocycles. The van der Waals surface area contributed by atoms with E-state index < -0.39 is 0 Å². The molecule has 2 aromatic heterocycles. The number of amides is 1. The Morgan fingerprint density at radius 2 is 2.10 bits per heavy atom. The van der Waals surface area contributed by atoms with Crippen LogP contribution in [0.5, 0.6) is 5.75 Å². The molecular weight excluding hydrogens is 398 g/mol. The van der Waals surface area contributed by atoms with Gasteiger partial charge in [0.05, 0.1) is 17.4 Å². The number of hydrogen-bond donors (Lipinski definition) is 1. The number of thiophene rings is 1. The fourth-order valence-electron chi connectivity index (χ4n) is 3.77. The average molecular weight is 426 g/mol. The van der Waals surface area contributed by atoms with Crippen molar-refractivity contribution < 1.29 is 9.53 Å². The molecule has 0 atom stereocenters. The molecule has 0 unspecified atom stereocenters. The van der Waals surface area contributed by atoms with Gasteiger partial charge in [-0.15, -0.1) is 11.3 Å². The fraction of sp³-hybridized carbons (Fsp3) is 0.409. The van der Waals surface area contributed by atoms with Crippen molar-refractivity contribution in [3.8, 4) is 5.75 Å². The lowest BCUT2D eigenvalue weighted by atomic mass is 10.1. The van der Waals surface area contributed by atoms with Crippen LogP contribution >= 0.6 is 11.3 Å². The number of methoxy groups -OCH3 is 1. The van der Waals surface area contributed by atoms with Crippen LogP contribution in [0.25, 0.3) is 10.2 Å². The minimum absolute atomic E-state index is 0.101. The van der Waals surface area contributed by atoms with E-state index in [0.29, 0.717) is 6.54 Å². The molecule has 158 valence electrons. The lowest BCUT2D eigenvalue weighted by Crippen LogP contribution is -2.34. The van der Waals surface area contributed by atoms with Crippen LogP contribution in [-0.4, -0.2) is 66.0 Å². The zero-order chi connectivity index (χ0) is 21.1. The zero-order valence-corrected chi connectivity index (χ0v) is 18.5. The maximum atomic E-state index is 13.2. The zero-order valence-electron chi connectivity index (χ0n) is 17.6. The summed E-state index contributed by atoms with van der Waals surface area (Å²) in [4.78, 5) is 28.0. The predicted molar refractivity (Wildman–Crippen MR) is 120 cm³/mol. The molecule has 0 radical (unpaired) electrons. The maximum Gasteiger partial charge on any atom is 0.264 e. The Kier molecular flexibility index (Phi) is 6.15. The number of anilines is 1. The van der Waals surface area contributed by atoms with Crippen LogP contribution in [0.3, 0.4) is 0 Å². The van der Waals surface area contributed by atoms with Crippen molar-refractivity contribution in [3.05, 3.63) is 46.6 Å². The number of ether oxygens (including phenoxy) is 1. The number of carbonyl (C=O) groups excluding carboxylic acids is 1. The molecule has 0 spiro atoms. The predicted octanol–water partition coefficient (Wildman–Crippen LogP) is 3.40. The molecule has 1 aromatic carbocycles. The van der Waals surface area contributed by atoms with Gasteiger partial charge in [0, 0.05) is 26.2 Å². The fourth-order valence-corrected chi connectivity index (χ4v) is 4.89. The summed E-state index contributed by atoms with van der Waals surface area (Å²) in [5.74, 6) is 1.68. The molecule has 0 bridgehead atoms. The van der Waals surface area contributed by atoms with E-state index in [0.717, 1.165) is 70.4 Å². The summed E-state index contributed by atoms with van der Waals surface area (Å²) < 4.78 is 5.30. The topological polar surface area (TPSA) is 70.6 Å². The van der Waals surface area contributed by atoms with Gasteiger partial charge in [-0.25, -0.2) is 9.97 Å². The van der Waals surface area contributed by atoms with Gasteiger partial charge in [0.25, 0.3) is 5.91 Å². The SMILES string of the molecule is COc1cccc(CNc2ncnc3sc(C(=O)N4CCCN(C)CC4)c(C)c23)c1. The highest BCUT2D eigenvalue weighted by Gasteiger charge is 2.25. The number of fused-ring (bicyclic) bond motifs is 1. The van der Waals surface area contributed by atoms with E-state index >= 15 is 0 Å². The Balaban J connectivity index is 1.58. The summed E-state index contributed by atoms with van der Waals surface area (Å²) in [6, 6.07) is 7.93. The summed E-state index contributed by atoms with van der Waals surface area (Å²) in [6.07, 6.45) is 2.56. The first kappa shape index (κ1) is 20.6. The first-order valence-corrected chi connectivity index (χ1v) is 11.0. The number of nitrogens with zero attached hydrogens (tertiary/aromatic N) is 4. The van der Waals surface area contributed by atoms with Crippen molar-refractivity contribution in [3.63, 3.8) is 0 Å². The van der Waals surface area contributed by atoms with Crippen molar-refractivity contribution in [2.24, 2.45) is 0 Å². The smallest absolute Gasteiger partial charge is 0.264 e. The second-order valence-corrected chi connectivity index (χ2v) is 8.61. The van der Waals surface area contributed by atoms with E-state index in [4.69, 9.17) is 4.74 Å². The monoisotopic (exact) mass is 425 g/mol. The molecule has 8 heteroatoms. The van der Waals surface area contributed by atoms with E-state index in [9.17, 15) is 4.79 Å². The minimum Gasteiger partial charge on any atom is -0.497 e. The van der Waals surface area contributed by atoms with E-state index in [2.05, 4.69) is 27.2 Å². The number of aromatic nitrogens is 2. The Morgan fingerprint density at radius 3 is 2.93 bits per heavy atom. The Morgan fingerprint density at radius 1 is 1.23 bits per heavy atom. The van der Waals surface area contributed by atoms with Crippen LogP contribution in [0.1, 0.15) is 27.2 Å². The van der Waals surface area contributed by atoms with Gasteiger partial charge in [-0.1, -0.05) is 12.1 Å². The molecular formula is C22H27N5O2S. The van der Waals surface area contributed by atoms with Crippen molar-refractivity contribution in [2.75, 3.05) is 45.7 Å². The van der Waals surface area contributed by atoms with Gasteiger partial charge < -0.3 is 19.9 Å². The van der Waals surface area contributed by atoms with Crippen LogP contribution in [0.15, 0.2) is 30.6 Å². The van der Waals surface area contributed by atoms with Crippen molar-refractivity contribution in [1.82, 2.24) is 19.8 Å². The van der Waals surface area contributed by atoms with Gasteiger partial charge in [-0.05, 0) is 50.2 Å². The van der Waals surface area contributed by atoms with Crippen LogP contribution in [0, 0.1) is 6.92 Å². The molecule has 1 aliphatic rings. The van der Waals surface area contributed by atoms with Crippen molar-refractivity contribution in [2.45, 2.75) is 19.9 Å². The Hall–Kier alpha value is -2.71. The van der Waals surface area contributed by atoms with Crippen LogP contribution < -0.4 is 10.1 Å². The van der Waals surface area contributed by atoms with E-state index in [1.807, 2.05) is 36.1 Å². The minimum atomic E-state index is 0.101. The van der Waals surface area contributed by atoms with Gasteiger partial charge in [0.15, 0.2) is 0 Å². The highest BCUT2D eigenvalue weighted by atomic mass is 32.1. The second kappa shape index (κ2) is 8.97. The number of hydrogen-bond acceptors (Lipinski definition) is 7. The molecule has 3 aromatic rings. The normalized spacial score (nSPS) is 15.2. The lowest BCUT2D eigenvalue weighted by Gasteiger charge is -2.20. The molecule has 3 heterocycles. The van der Waals surface area contributed by atoms with Crippen LogP contribution in [-0.2, 0) is 6.54 Å². The van der Waals surface area contributed by atoms with Gasteiger partial charge >= 0.3 is 0 Å². The summed E-state index contributed by atoms with van der Waals surface area (Å²) >= 11 is 1.46. The standard InChI is InChI=1S/C22H27N5O2S/c1-15-18-20(23-13-16-6-4-7-17(12-16)29-3)24-14-25-21(18)30-19(15)22(28)27-9-5-8-26(2)10-11-27/h4,6-7,12,14H,5,8-11,13H2,1-3H3,(H,23,24,25). The lowest BCUT2D eigenvalue weighted by molar-refractivity contribution is 0.0767. The van der Waals surface area contributed by atoms with Crippen molar-refractivity contribution in [1.29, 1.82) is 0 Å². The summed E-state index contributed by atoms with van der Waals surface area (Å²) in [6.45, 7) is 6.09. The first-order chi connectivity index (χ1) is 14.6. The van der Waals surface area contributed by atoms with Gasteiger partial charge in [-0.3, -0.25) is 4.79 Å². The van der Waals surface area contributed by atoms with E-state index in [1.54, 1.807) is 13.4 Å². The van der Waals surface area contributed by atoms with Crippen molar-refractivity contribution >= 4 is 33.3 Å². The third-order valence-electron chi connectivity index (χ3n) is 5.52. The molecule has 7 nitrogen and oxygen atoms in total. The molecule has 4 rings (SSSR count).